The van der Waals surface area contributed by atoms with Gasteiger partial charge in [-0.25, -0.2) is 4.98 Å². The van der Waals surface area contributed by atoms with Crippen molar-refractivity contribution in [2.75, 3.05) is 45.3 Å². The molecule has 0 aliphatic carbocycles. The van der Waals surface area contributed by atoms with Crippen LogP contribution in [0.3, 0.4) is 0 Å². The number of benzene rings is 2. The van der Waals surface area contributed by atoms with E-state index in [-0.39, 0.29) is 65.9 Å². The van der Waals surface area contributed by atoms with Gasteiger partial charge in [0.1, 0.15) is 17.9 Å². The average Bonchev–Trinajstić information content (AvgIpc) is 3.46. The zero-order chi connectivity index (χ0) is 33.6. The highest BCUT2D eigenvalue weighted by Gasteiger charge is 2.41. The Morgan fingerprint density at radius 1 is 1.09 bits per heavy atom. The Hall–Kier alpha value is -4.72. The van der Waals surface area contributed by atoms with Crippen molar-refractivity contribution in [2.24, 2.45) is 0 Å². The smallest absolute Gasteiger partial charge is 0.450 e. The van der Waals surface area contributed by atoms with Crippen LogP contribution in [0, 0.1) is 0 Å². The number of rotatable bonds is 7. The number of hydrogen-bond donors (Lipinski definition) is 0. The highest BCUT2D eigenvalue weighted by atomic mass is 19.4. The van der Waals surface area contributed by atoms with Crippen LogP contribution in [0.25, 0.3) is 27.5 Å². The molecule has 0 radical (unpaired) electrons. The van der Waals surface area contributed by atoms with E-state index in [1.807, 2.05) is 20.9 Å². The molecular formula is C33H36F3N7O4. The molecule has 2 aliphatic rings. The highest BCUT2D eigenvalue weighted by Crippen LogP contribution is 2.36. The van der Waals surface area contributed by atoms with E-state index < -0.39 is 29.6 Å². The minimum Gasteiger partial charge on any atom is -0.497 e. The zero-order valence-electron chi connectivity index (χ0n) is 26.6. The number of fused-ring (bicyclic) bond motifs is 2. The van der Waals surface area contributed by atoms with Crippen molar-refractivity contribution in [3.05, 3.63) is 65.2 Å². The van der Waals surface area contributed by atoms with Crippen molar-refractivity contribution in [3.63, 3.8) is 0 Å². The van der Waals surface area contributed by atoms with Gasteiger partial charge in [-0.05, 0) is 57.8 Å². The van der Waals surface area contributed by atoms with Crippen molar-refractivity contribution < 1.29 is 27.4 Å². The number of nitrogens with zero attached hydrogens (tertiary/aromatic N) is 7. The van der Waals surface area contributed by atoms with E-state index in [2.05, 4.69) is 26.4 Å². The van der Waals surface area contributed by atoms with E-state index in [4.69, 9.17) is 9.47 Å². The van der Waals surface area contributed by atoms with Crippen LogP contribution in [0.4, 0.5) is 19.0 Å². The topological polar surface area (TPSA) is 106 Å². The molecule has 11 nitrogen and oxygen atoms in total. The van der Waals surface area contributed by atoms with Gasteiger partial charge in [-0.15, -0.1) is 0 Å². The summed E-state index contributed by atoms with van der Waals surface area (Å²) >= 11 is 0. The van der Waals surface area contributed by atoms with E-state index >= 15 is 0 Å². The lowest BCUT2D eigenvalue weighted by Gasteiger charge is -2.45. The van der Waals surface area contributed by atoms with Crippen LogP contribution in [-0.4, -0.2) is 93.8 Å². The first-order chi connectivity index (χ1) is 22.4. The molecule has 3 atom stereocenters. The van der Waals surface area contributed by atoms with Crippen molar-refractivity contribution >= 4 is 33.5 Å². The summed E-state index contributed by atoms with van der Waals surface area (Å²) in [5.41, 5.74) is -1.72. The molecule has 6 rings (SSSR count). The molecule has 248 valence electrons. The number of piperazine rings is 1. The second-order valence-electron chi connectivity index (χ2n) is 12.1. The molecule has 2 aromatic heterocycles. The van der Waals surface area contributed by atoms with Crippen LogP contribution in [0.1, 0.15) is 32.5 Å². The first kappa shape index (κ1) is 32.2. The molecule has 0 bridgehead atoms. The van der Waals surface area contributed by atoms with E-state index in [9.17, 15) is 22.8 Å². The van der Waals surface area contributed by atoms with E-state index in [1.165, 1.54) is 19.3 Å². The molecule has 4 heterocycles. The Morgan fingerprint density at radius 3 is 2.45 bits per heavy atom. The lowest BCUT2D eigenvalue weighted by molar-refractivity contribution is -0.146. The first-order valence-electron chi connectivity index (χ1n) is 15.4. The maximum Gasteiger partial charge on any atom is 0.450 e. The fourth-order valence-electron chi connectivity index (χ4n) is 6.67. The lowest BCUT2D eigenvalue weighted by Crippen LogP contribution is -2.58. The number of carbonyl (C=O) groups is 1. The van der Waals surface area contributed by atoms with Gasteiger partial charge in [0.15, 0.2) is 11.3 Å². The Kier molecular flexibility index (Phi) is 8.55. The molecule has 0 saturated carbocycles. The molecule has 1 unspecified atom stereocenters. The summed E-state index contributed by atoms with van der Waals surface area (Å²) in [7, 11) is 3.39. The fourth-order valence-corrected chi connectivity index (χ4v) is 6.67. The third kappa shape index (κ3) is 5.97. The lowest BCUT2D eigenvalue weighted by atomic mass is 10.1. The van der Waals surface area contributed by atoms with Gasteiger partial charge in [0, 0.05) is 42.7 Å². The maximum absolute atomic E-state index is 14.9. The molecule has 14 heteroatoms. The van der Waals surface area contributed by atoms with Crippen molar-refractivity contribution in [2.45, 2.75) is 51.0 Å². The monoisotopic (exact) mass is 651 g/mol. The SMILES string of the molecule is C=CC(=O)N1C[C@H](C)N(c2nc(OCC3CCCN3C)nc3c(=O)n(-c4cc(OC)cc5ccccc45)c(C(F)(F)F)nc23)[C@@H](C)C1. The number of carbonyl (C=O) groups excluding carboxylic acids is 1. The van der Waals surface area contributed by atoms with Gasteiger partial charge in [0.25, 0.3) is 5.56 Å². The van der Waals surface area contributed by atoms with Crippen molar-refractivity contribution in [1.82, 2.24) is 29.3 Å². The van der Waals surface area contributed by atoms with E-state index in [0.717, 1.165) is 19.4 Å². The maximum atomic E-state index is 14.9. The summed E-state index contributed by atoms with van der Waals surface area (Å²) in [6.07, 6.45) is -1.91. The van der Waals surface area contributed by atoms with E-state index in [1.54, 1.807) is 40.1 Å². The van der Waals surface area contributed by atoms with Crippen molar-refractivity contribution in [1.29, 1.82) is 0 Å². The molecule has 2 fully saturated rings. The molecular weight excluding hydrogens is 615 g/mol. The summed E-state index contributed by atoms with van der Waals surface area (Å²) in [5.74, 6) is -1.39. The second kappa shape index (κ2) is 12.5. The Labute approximate surface area is 269 Å². The van der Waals surface area contributed by atoms with Crippen LogP contribution < -0.4 is 19.9 Å². The Balaban J connectivity index is 1.61. The molecule has 0 spiro atoms. The summed E-state index contributed by atoms with van der Waals surface area (Å²) in [6, 6.07) is 8.97. The van der Waals surface area contributed by atoms with Crippen LogP contribution in [0.2, 0.25) is 0 Å². The standard InChI is InChI=1S/C33H36F3N7O4/c1-6-26(44)41-16-19(2)42(20(3)17-41)29-27-28(38-32(39-29)47-18-22-11-9-13-40(22)4)30(45)43(31(37-27)33(34,35)36)25-15-23(46-5)14-21-10-7-8-12-24(21)25/h6-8,10,12,14-15,19-20,22H,1,9,11,13,16-18H2,2-5H3/t19-,20-,22?/m0/s1. The number of ether oxygens (including phenoxy) is 2. The summed E-state index contributed by atoms with van der Waals surface area (Å²) in [6.45, 7) is 8.87. The molecule has 2 aromatic carbocycles. The van der Waals surface area contributed by atoms with Gasteiger partial charge in [-0.3, -0.25) is 14.2 Å². The predicted molar refractivity (Wildman–Crippen MR) is 171 cm³/mol. The van der Waals surface area contributed by atoms with Gasteiger partial charge < -0.3 is 24.2 Å². The van der Waals surface area contributed by atoms with Crippen molar-refractivity contribution in [3.8, 4) is 17.4 Å². The number of halogens is 3. The second-order valence-corrected chi connectivity index (χ2v) is 12.1. The van der Waals surface area contributed by atoms with Crippen LogP contribution in [-0.2, 0) is 11.0 Å². The number of alkyl halides is 3. The number of hydrogen-bond acceptors (Lipinski definition) is 9. The molecule has 2 saturated heterocycles. The van der Waals surface area contributed by atoms with Crippen LogP contribution in [0.15, 0.2) is 53.8 Å². The minimum atomic E-state index is -5.04. The first-order valence-corrected chi connectivity index (χ1v) is 15.4. The van der Waals surface area contributed by atoms with Crippen LogP contribution in [0.5, 0.6) is 11.8 Å². The Morgan fingerprint density at radius 2 is 1.81 bits per heavy atom. The highest BCUT2D eigenvalue weighted by molar-refractivity contribution is 5.93. The molecule has 0 N–H and O–H groups in total. The molecule has 47 heavy (non-hydrogen) atoms. The molecule has 4 aromatic rings. The van der Waals surface area contributed by atoms with Gasteiger partial charge in [-0.1, -0.05) is 30.8 Å². The third-order valence-corrected chi connectivity index (χ3v) is 8.95. The Bertz CT molecular complexity index is 1900. The van der Waals surface area contributed by atoms with Gasteiger partial charge in [0.05, 0.1) is 12.8 Å². The van der Waals surface area contributed by atoms with Crippen LogP contribution >= 0.6 is 0 Å². The summed E-state index contributed by atoms with van der Waals surface area (Å²) in [5, 5.41) is 0.965. The minimum absolute atomic E-state index is 0.0285. The number of anilines is 1. The fraction of sp³-hybridized carbons (Fsp3) is 0.424. The average molecular weight is 652 g/mol. The normalized spacial score (nSPS) is 20.6. The zero-order valence-corrected chi connectivity index (χ0v) is 26.6. The number of methoxy groups -OCH3 is 1. The quantitative estimate of drug-likeness (QED) is 0.268. The van der Waals surface area contributed by atoms with E-state index in [0.29, 0.717) is 15.3 Å². The number of likely N-dealkylation sites (tertiary alicyclic amines) is 1. The predicted octanol–water partition coefficient (Wildman–Crippen LogP) is 4.44. The number of amides is 1. The summed E-state index contributed by atoms with van der Waals surface area (Å²) < 4.78 is 56.9. The molecule has 1 amide bonds. The van der Waals surface area contributed by atoms with Gasteiger partial charge >= 0.3 is 12.2 Å². The molecule has 2 aliphatic heterocycles. The number of likely N-dealkylation sites (N-methyl/N-ethyl adjacent to an activating group) is 1. The number of aromatic nitrogens is 4. The summed E-state index contributed by atoms with van der Waals surface area (Å²) in [4.78, 5) is 45.6. The van der Waals surface area contributed by atoms with Gasteiger partial charge in [0.2, 0.25) is 11.7 Å². The van der Waals surface area contributed by atoms with Gasteiger partial charge in [-0.2, -0.15) is 23.1 Å². The largest absolute Gasteiger partial charge is 0.497 e. The third-order valence-electron chi connectivity index (χ3n) is 8.95.